The van der Waals surface area contributed by atoms with E-state index in [9.17, 15) is 115 Å². The fourth-order valence-electron chi connectivity index (χ4n) is 8.40. The fraction of sp³-hybridized carbons (Fsp3) is 0.176. The van der Waals surface area contributed by atoms with Gasteiger partial charge in [-0.1, -0.05) is 84.9 Å². The van der Waals surface area contributed by atoms with Crippen molar-refractivity contribution in [2.45, 2.75) is 56.0 Å². The number of benzene rings is 6. The second kappa shape index (κ2) is 22.2. The van der Waals surface area contributed by atoms with Crippen LogP contribution in [0, 0.1) is 0 Å². The zero-order chi connectivity index (χ0) is 61.6. The molecule has 7 rings (SSSR count). The lowest BCUT2D eigenvalue weighted by Gasteiger charge is -2.46. The van der Waals surface area contributed by atoms with Gasteiger partial charge in [0.15, 0.2) is 12.7 Å². The van der Waals surface area contributed by atoms with E-state index in [0.717, 1.165) is 5.56 Å². The van der Waals surface area contributed by atoms with Crippen LogP contribution in [0.15, 0.2) is 146 Å². The lowest BCUT2D eigenvalue weighted by molar-refractivity contribution is -0.691. The van der Waals surface area contributed by atoms with Crippen LogP contribution < -0.4 is 31.2 Å². The molecule has 31 heteroatoms. The summed E-state index contributed by atoms with van der Waals surface area (Å²) in [6.45, 7) is 0.489. The summed E-state index contributed by atoms with van der Waals surface area (Å²) in [7, 11) is 0. The highest BCUT2D eigenvalue weighted by Crippen LogP contribution is 2.41. The minimum Gasteiger partial charge on any atom is -0.478 e. The van der Waals surface area contributed by atoms with E-state index in [-0.39, 0.29) is 17.0 Å². The Morgan fingerprint density at radius 2 is 0.744 bits per heavy atom. The molecule has 0 fully saturated rings. The molecule has 0 saturated carbocycles. The molecule has 1 heterocycles. The van der Waals surface area contributed by atoms with Crippen LogP contribution in [0.2, 0.25) is 0 Å². The summed E-state index contributed by atoms with van der Waals surface area (Å²) in [5, 5.41) is 9.01. The molecule has 6 nitrogen and oxygen atoms in total. The Bertz CT molecular complexity index is 3050. The summed E-state index contributed by atoms with van der Waals surface area (Å²) in [4.78, 5) is 27.5. The van der Waals surface area contributed by atoms with Gasteiger partial charge in [-0.15, -0.1) is 0 Å². The maximum atomic E-state index is 14.2. The van der Waals surface area contributed by atoms with E-state index < -0.39 is 207 Å². The van der Waals surface area contributed by atoms with E-state index in [1.165, 1.54) is 30.5 Å². The van der Waals surface area contributed by atoms with Gasteiger partial charge in [0.05, 0.1) is 56.3 Å². The van der Waals surface area contributed by atoms with Crippen molar-refractivity contribution < 1.29 is 129 Å². The monoisotopic (exact) mass is 1200 g/mol. The largest absolute Gasteiger partial charge is 0.478 e. The Morgan fingerprint density at radius 3 is 1.04 bits per heavy atom. The average molecular weight is 1200 g/mol. The smallest absolute Gasteiger partial charge is 0.416 e. The molecule has 0 unspecified atom stereocenters. The van der Waals surface area contributed by atoms with Crippen molar-refractivity contribution in [2.24, 2.45) is 0 Å². The molecule has 436 valence electrons. The summed E-state index contributed by atoms with van der Waals surface area (Å²) in [6, 6.07) is 6.66. The van der Waals surface area contributed by atoms with E-state index in [2.05, 4.69) is 4.98 Å². The molecule has 82 heavy (non-hydrogen) atoms. The van der Waals surface area contributed by atoms with E-state index in [0.29, 0.717) is 6.54 Å². The number of nitrogens with zero attached hydrogens (tertiary/aromatic N) is 2. The van der Waals surface area contributed by atoms with Gasteiger partial charge in [0.25, 0.3) is 0 Å². The van der Waals surface area contributed by atoms with Crippen molar-refractivity contribution >= 4 is 39.9 Å². The van der Waals surface area contributed by atoms with E-state index in [1.54, 1.807) is 17.0 Å². The van der Waals surface area contributed by atoms with Crippen LogP contribution in [0.3, 0.4) is 0 Å². The Morgan fingerprint density at radius 1 is 0.427 bits per heavy atom. The van der Waals surface area contributed by atoms with Crippen LogP contribution >= 0.6 is 0 Å². The maximum absolute atomic E-state index is 14.2. The van der Waals surface area contributed by atoms with Crippen LogP contribution in [0.5, 0.6) is 5.75 Å². The van der Waals surface area contributed by atoms with Crippen LogP contribution in [-0.4, -0.2) is 28.2 Å². The number of carbonyl (C=O) groups is 2. The number of aromatic nitrogens is 2. The Hall–Kier alpha value is -8.28. The third-order valence-electron chi connectivity index (χ3n) is 12.0. The fourth-order valence-corrected chi connectivity index (χ4v) is 8.40. The van der Waals surface area contributed by atoms with E-state index in [1.807, 2.05) is 30.3 Å². The lowest BCUT2D eigenvalue weighted by atomic mass is 9.12. The molecule has 0 atom stereocenters. The lowest BCUT2D eigenvalue weighted by Crippen LogP contribution is -2.75. The number of ether oxygens (including phenoxy) is 1. The summed E-state index contributed by atoms with van der Waals surface area (Å²) in [5.74, 6) is -1.52. The first-order chi connectivity index (χ1) is 37.4. The number of carbonyl (C=O) groups excluding carboxylic acids is 1. The molecule has 1 aromatic heterocycles. The first kappa shape index (κ1) is 62.9. The van der Waals surface area contributed by atoms with Crippen LogP contribution in [0.25, 0.3) is 0 Å². The number of carboxylic acids is 1. The molecular formula is C51H27BF24N2O4. The third-order valence-corrected chi connectivity index (χ3v) is 12.0. The number of halogens is 24. The summed E-state index contributed by atoms with van der Waals surface area (Å²) >= 11 is 0. The van der Waals surface area contributed by atoms with Crippen molar-refractivity contribution in [1.29, 1.82) is 0 Å². The molecule has 0 spiro atoms. The highest BCUT2D eigenvalue weighted by Gasteiger charge is 2.47. The minimum absolute atomic E-state index is 0.0497. The van der Waals surface area contributed by atoms with Gasteiger partial charge in [-0.25, -0.2) is 9.59 Å². The molecule has 0 saturated heterocycles. The van der Waals surface area contributed by atoms with Crippen LogP contribution in [0.1, 0.15) is 70.9 Å². The molecule has 0 bridgehead atoms. The van der Waals surface area contributed by atoms with Gasteiger partial charge in [-0.3, -0.25) is 4.98 Å². The van der Waals surface area contributed by atoms with Crippen molar-refractivity contribution in [3.63, 3.8) is 0 Å². The van der Waals surface area contributed by atoms with Crippen molar-refractivity contribution in [3.8, 4) is 5.75 Å². The second-order valence-electron chi connectivity index (χ2n) is 17.5. The first-order valence-electron chi connectivity index (χ1n) is 22.2. The molecule has 0 aliphatic heterocycles. The summed E-state index contributed by atoms with van der Waals surface area (Å²) < 4.78 is 348. The number of rotatable bonds is 9. The van der Waals surface area contributed by atoms with Gasteiger partial charge < -0.3 is 9.84 Å². The number of hydrogen-bond acceptors (Lipinski definition) is 4. The zero-order valence-electron chi connectivity index (χ0n) is 39.8. The van der Waals surface area contributed by atoms with Crippen LogP contribution in [-0.2, 0) is 56.0 Å². The molecular weight excluding hydrogens is 1170 g/mol. The molecule has 0 radical (unpaired) electrons. The summed E-state index contributed by atoms with van der Waals surface area (Å²) in [6.07, 6.45) is -50.1. The molecule has 0 aliphatic carbocycles. The Kier molecular flexibility index (Phi) is 17.1. The molecule has 1 N–H and O–H groups in total. The van der Waals surface area contributed by atoms with Gasteiger partial charge in [0.2, 0.25) is 0 Å². The number of hydrogen-bond donors (Lipinski definition) is 1. The second-order valence-corrected chi connectivity index (χ2v) is 17.5. The van der Waals surface area contributed by atoms with E-state index >= 15 is 0 Å². The van der Waals surface area contributed by atoms with Gasteiger partial charge in [0.1, 0.15) is 18.1 Å². The Labute approximate surface area is 442 Å². The molecule has 6 aromatic carbocycles. The van der Waals surface area contributed by atoms with Gasteiger partial charge >= 0.3 is 67.0 Å². The number of carboxylic acid groups (broad SMARTS) is 1. The highest BCUT2D eigenvalue weighted by atomic mass is 19.4. The number of aromatic carboxylic acids is 1. The summed E-state index contributed by atoms with van der Waals surface area (Å²) in [5.41, 5.74) is -28.9. The Balaban J connectivity index is 0.000000357. The normalized spacial score (nSPS) is 13.1. The van der Waals surface area contributed by atoms with Crippen molar-refractivity contribution in [3.05, 3.63) is 207 Å². The van der Waals surface area contributed by atoms with E-state index in [4.69, 9.17) is 9.84 Å². The van der Waals surface area contributed by atoms with Gasteiger partial charge in [0, 0.05) is 5.56 Å². The van der Waals surface area contributed by atoms with Crippen LogP contribution in [0.4, 0.5) is 105 Å². The predicted octanol–water partition coefficient (Wildman–Crippen LogP) is 13.5. The highest BCUT2D eigenvalue weighted by molar-refractivity contribution is 7.20. The van der Waals surface area contributed by atoms with Gasteiger partial charge in [-0.2, -0.15) is 132 Å². The maximum Gasteiger partial charge on any atom is 0.416 e. The quantitative estimate of drug-likeness (QED) is 0.0512. The molecule has 0 amide bonds. The predicted molar refractivity (Wildman–Crippen MR) is 238 cm³/mol. The topological polar surface area (TPSA) is 80.4 Å². The third kappa shape index (κ3) is 14.6. The number of esters is 1. The zero-order valence-corrected chi connectivity index (χ0v) is 39.8. The molecule has 0 aliphatic rings. The molecule has 7 aromatic rings. The average Bonchev–Trinajstić information content (AvgIpc) is 1.12. The van der Waals surface area contributed by atoms with Crippen molar-refractivity contribution in [2.75, 3.05) is 0 Å². The minimum atomic E-state index is -6.13. The van der Waals surface area contributed by atoms with Gasteiger partial charge in [-0.05, 0) is 42.5 Å². The first-order valence-corrected chi connectivity index (χ1v) is 22.2. The number of alkyl halides is 24. The SMILES string of the molecule is FC(F)(F)c1cc([B-](c2cc(C(F)(F)F)cc(C(F)(F)F)c2)(c2cc(C(F)(F)F)cc(C(F)(F)F)c2)c2cc(C(F)(F)F)cc(C(F)(F)F)c2)cc(C(F)(F)F)c1.O=C(O)c1cccc(OC(=O)c2cncc[n+]2Cc2ccccc2)c1. The standard InChI is InChI=1S/C32H12BF24.C19H14N2O4/c34-25(35,36)13-1-14(26(37,38)39)6-21(5-13)33(22-7-15(27(40,41)42)2-16(8-22)28(43,44)45,23-9-17(29(46,47)48)3-18(10-23)30(49,50)51)24-11-19(31(52,53)54)4-20(12-24)32(55,56)57;22-18(23)15-7-4-8-16(11-15)25-19(24)17-12-20-9-10-21(17)13-14-5-2-1-3-6-14/h1-12H;1-12H,13H2/q-1;/p+1. The van der Waals surface area contributed by atoms with Crippen molar-refractivity contribution in [1.82, 2.24) is 4.98 Å².